The van der Waals surface area contributed by atoms with E-state index < -0.39 is 0 Å². The van der Waals surface area contributed by atoms with Crippen molar-refractivity contribution in [3.05, 3.63) is 65.3 Å². The number of aliphatic hydroxyl groups excluding tert-OH is 1. The third-order valence-electron chi connectivity index (χ3n) is 4.04. The zero-order valence-electron chi connectivity index (χ0n) is 13.4. The first kappa shape index (κ1) is 16.1. The highest BCUT2D eigenvalue weighted by atomic mass is 35.5. The molecule has 0 radical (unpaired) electrons. The highest BCUT2D eigenvalue weighted by molar-refractivity contribution is 6.32. The largest absolute Gasteiger partial charge is 0.486 e. The lowest BCUT2D eigenvalue weighted by Gasteiger charge is -2.26. The van der Waals surface area contributed by atoms with Gasteiger partial charge in [0.1, 0.15) is 11.9 Å². The van der Waals surface area contributed by atoms with E-state index in [1.165, 1.54) is 0 Å². The summed E-state index contributed by atoms with van der Waals surface area (Å²) < 4.78 is 12.8. The number of ether oxygens (including phenoxy) is 2. The van der Waals surface area contributed by atoms with Crippen LogP contribution in [0.5, 0.6) is 5.75 Å². The predicted octanol–water partition coefficient (Wildman–Crippen LogP) is 3.46. The molecule has 128 valence electrons. The number of hydrogen-bond donors (Lipinski definition) is 1. The van der Waals surface area contributed by atoms with Crippen LogP contribution in [0.15, 0.2) is 54.6 Å². The molecule has 1 aliphatic rings. The van der Waals surface area contributed by atoms with Crippen LogP contribution in [0.25, 0.3) is 16.9 Å². The van der Waals surface area contributed by atoms with Crippen molar-refractivity contribution in [3.63, 3.8) is 0 Å². The molecule has 0 spiro atoms. The van der Waals surface area contributed by atoms with Crippen LogP contribution >= 0.6 is 11.6 Å². The van der Waals surface area contributed by atoms with Crippen LogP contribution in [0.2, 0.25) is 5.02 Å². The van der Waals surface area contributed by atoms with E-state index in [2.05, 4.69) is 5.10 Å². The Hall–Kier alpha value is -2.34. The molecular weight excluding hydrogens is 340 g/mol. The van der Waals surface area contributed by atoms with Crippen LogP contribution in [0.3, 0.4) is 0 Å². The lowest BCUT2D eigenvalue weighted by atomic mass is 10.1. The van der Waals surface area contributed by atoms with E-state index in [0.717, 1.165) is 22.7 Å². The molecule has 25 heavy (non-hydrogen) atoms. The Morgan fingerprint density at radius 3 is 2.72 bits per heavy atom. The van der Waals surface area contributed by atoms with Gasteiger partial charge in [0.15, 0.2) is 0 Å². The molecule has 1 aromatic heterocycles. The maximum absolute atomic E-state index is 9.50. The summed E-state index contributed by atoms with van der Waals surface area (Å²) in [6.07, 6.45) is 0.108. The predicted molar refractivity (Wildman–Crippen MR) is 95.2 cm³/mol. The smallest absolute Gasteiger partial charge is 0.145 e. The van der Waals surface area contributed by atoms with Crippen molar-refractivity contribution in [3.8, 4) is 22.7 Å². The Morgan fingerprint density at radius 1 is 1.16 bits per heavy atom. The molecule has 0 atom stereocenters. The third-order valence-corrected chi connectivity index (χ3v) is 4.36. The molecule has 0 saturated carbocycles. The van der Waals surface area contributed by atoms with Crippen LogP contribution in [0.4, 0.5) is 0 Å². The molecule has 4 rings (SSSR count). The van der Waals surface area contributed by atoms with Gasteiger partial charge in [-0.1, -0.05) is 35.9 Å². The van der Waals surface area contributed by atoms with Gasteiger partial charge in [-0.3, -0.25) is 0 Å². The van der Waals surface area contributed by atoms with Crippen molar-refractivity contribution in [2.24, 2.45) is 0 Å². The van der Waals surface area contributed by atoms with E-state index in [1.807, 2.05) is 54.6 Å². The second kappa shape index (κ2) is 6.88. The minimum absolute atomic E-state index is 0.108. The second-order valence-corrected chi connectivity index (χ2v) is 6.25. The molecular formula is C19H17ClN2O3. The monoisotopic (exact) mass is 356 g/mol. The summed E-state index contributed by atoms with van der Waals surface area (Å²) in [6, 6.07) is 17.1. The Morgan fingerprint density at radius 2 is 2.00 bits per heavy atom. The molecule has 0 amide bonds. The fourth-order valence-electron chi connectivity index (χ4n) is 2.72. The quantitative estimate of drug-likeness (QED) is 0.760. The van der Waals surface area contributed by atoms with Gasteiger partial charge in [-0.25, -0.2) is 4.68 Å². The molecule has 1 saturated heterocycles. The molecule has 0 aliphatic carbocycles. The summed E-state index contributed by atoms with van der Waals surface area (Å²) >= 11 is 6.34. The van der Waals surface area contributed by atoms with E-state index in [1.54, 1.807) is 4.68 Å². The zero-order chi connectivity index (χ0) is 17.2. The number of nitrogens with zero attached hydrogens (tertiary/aromatic N) is 2. The van der Waals surface area contributed by atoms with Crippen LogP contribution in [0.1, 0.15) is 5.69 Å². The summed E-state index contributed by atoms with van der Waals surface area (Å²) in [4.78, 5) is 0. The van der Waals surface area contributed by atoms with Crippen molar-refractivity contribution < 1.29 is 14.6 Å². The van der Waals surface area contributed by atoms with E-state index >= 15 is 0 Å². The zero-order valence-corrected chi connectivity index (χ0v) is 14.2. The summed E-state index contributed by atoms with van der Waals surface area (Å²) in [6.45, 7) is 1.10. The lowest BCUT2D eigenvalue weighted by molar-refractivity contribution is -0.0796. The fraction of sp³-hybridized carbons (Fsp3) is 0.211. The molecule has 6 heteroatoms. The number of para-hydroxylation sites is 1. The molecule has 5 nitrogen and oxygen atoms in total. The van der Waals surface area contributed by atoms with Crippen molar-refractivity contribution in [1.29, 1.82) is 0 Å². The van der Waals surface area contributed by atoms with E-state index in [0.29, 0.717) is 23.9 Å². The van der Waals surface area contributed by atoms with Crippen LogP contribution in [-0.2, 0) is 11.3 Å². The summed E-state index contributed by atoms with van der Waals surface area (Å²) in [7, 11) is 0. The fourth-order valence-corrected chi connectivity index (χ4v) is 2.94. The normalized spacial score (nSPS) is 14.3. The van der Waals surface area contributed by atoms with E-state index in [9.17, 15) is 5.11 Å². The van der Waals surface area contributed by atoms with Gasteiger partial charge in [0, 0.05) is 5.56 Å². The topological polar surface area (TPSA) is 56.5 Å². The van der Waals surface area contributed by atoms with E-state index in [-0.39, 0.29) is 12.7 Å². The number of aliphatic hydroxyl groups is 1. The maximum atomic E-state index is 9.50. The average molecular weight is 357 g/mol. The SMILES string of the molecule is OCc1cc(-c2cccc(OC3COC3)c2)n(-c2ccccc2Cl)n1. The summed E-state index contributed by atoms with van der Waals surface area (Å²) in [5.74, 6) is 0.781. The standard InChI is InChI=1S/C19H17ClN2O3/c20-17-6-1-2-7-18(17)22-19(9-14(10-23)21-22)13-4-3-5-15(8-13)25-16-11-24-12-16/h1-9,16,23H,10-12H2. The number of aromatic nitrogens is 2. The van der Waals surface area contributed by atoms with Crippen LogP contribution < -0.4 is 4.74 Å². The highest BCUT2D eigenvalue weighted by Gasteiger charge is 2.20. The molecule has 0 unspecified atom stereocenters. The summed E-state index contributed by atoms with van der Waals surface area (Å²) in [5, 5.41) is 14.6. The van der Waals surface area contributed by atoms with Gasteiger partial charge >= 0.3 is 0 Å². The Bertz CT molecular complexity index is 890. The molecule has 2 aromatic carbocycles. The number of hydrogen-bond acceptors (Lipinski definition) is 4. The first-order valence-electron chi connectivity index (χ1n) is 8.04. The number of rotatable bonds is 5. The minimum atomic E-state index is -0.139. The molecule has 1 N–H and O–H groups in total. The Kier molecular flexibility index (Phi) is 4.44. The van der Waals surface area contributed by atoms with Crippen molar-refractivity contribution in [2.45, 2.75) is 12.7 Å². The minimum Gasteiger partial charge on any atom is -0.486 e. The Labute approximate surface area is 150 Å². The third kappa shape index (κ3) is 3.26. The Balaban J connectivity index is 1.76. The molecule has 0 bridgehead atoms. The molecule has 2 heterocycles. The lowest BCUT2D eigenvalue weighted by Crippen LogP contribution is -2.38. The van der Waals surface area contributed by atoms with Crippen LogP contribution in [0, 0.1) is 0 Å². The van der Waals surface area contributed by atoms with Gasteiger partial charge in [-0.15, -0.1) is 0 Å². The van der Waals surface area contributed by atoms with Gasteiger partial charge in [0.2, 0.25) is 0 Å². The van der Waals surface area contributed by atoms with Crippen LogP contribution in [-0.4, -0.2) is 34.2 Å². The van der Waals surface area contributed by atoms with Gasteiger partial charge in [-0.05, 0) is 30.3 Å². The highest BCUT2D eigenvalue weighted by Crippen LogP contribution is 2.30. The summed E-state index contributed by atoms with van der Waals surface area (Å²) in [5.41, 5.74) is 3.11. The molecule has 1 aliphatic heterocycles. The second-order valence-electron chi connectivity index (χ2n) is 5.85. The number of halogens is 1. The van der Waals surface area contributed by atoms with Gasteiger partial charge in [0.05, 0.1) is 41.9 Å². The van der Waals surface area contributed by atoms with Crippen molar-refractivity contribution in [1.82, 2.24) is 9.78 Å². The first-order chi connectivity index (χ1) is 12.2. The van der Waals surface area contributed by atoms with Gasteiger partial charge in [0.25, 0.3) is 0 Å². The molecule has 3 aromatic rings. The first-order valence-corrected chi connectivity index (χ1v) is 8.42. The van der Waals surface area contributed by atoms with Crippen molar-refractivity contribution >= 4 is 11.6 Å². The average Bonchev–Trinajstić information content (AvgIpc) is 3.03. The van der Waals surface area contributed by atoms with Crippen molar-refractivity contribution in [2.75, 3.05) is 13.2 Å². The van der Waals surface area contributed by atoms with Gasteiger partial charge in [-0.2, -0.15) is 5.10 Å². The van der Waals surface area contributed by atoms with E-state index in [4.69, 9.17) is 21.1 Å². The number of benzene rings is 2. The molecule has 1 fully saturated rings. The maximum Gasteiger partial charge on any atom is 0.145 e. The van der Waals surface area contributed by atoms with Gasteiger partial charge < -0.3 is 14.6 Å².